The van der Waals surface area contributed by atoms with Crippen molar-refractivity contribution in [2.45, 2.75) is 12.2 Å². The number of nitrogens with two attached hydrogens (primary N) is 1. The topological polar surface area (TPSA) is 35.2 Å². The fourth-order valence-corrected chi connectivity index (χ4v) is 1.19. The number of hydrogen-bond acceptors (Lipinski definition) is 2. The summed E-state index contributed by atoms with van der Waals surface area (Å²) in [5.74, 6) is -1.68. The van der Waals surface area contributed by atoms with Crippen molar-refractivity contribution in [2.24, 2.45) is 5.73 Å². The van der Waals surface area contributed by atoms with Crippen LogP contribution in [-0.2, 0) is 4.74 Å². The number of alkyl halides is 3. The van der Waals surface area contributed by atoms with Gasteiger partial charge in [-0.3, -0.25) is 0 Å². The third-order valence-corrected chi connectivity index (χ3v) is 1.88. The lowest BCUT2D eigenvalue weighted by Crippen LogP contribution is -2.23. The standard InChI is InChI=1S/C10H10F5NO/c11-7-1-6(2-8(12)3-7)9(16)4-17-5-10(13,14)15/h1-3,9H,4-5,16H2. The van der Waals surface area contributed by atoms with Crippen molar-refractivity contribution >= 4 is 0 Å². The highest BCUT2D eigenvalue weighted by molar-refractivity contribution is 5.21. The van der Waals surface area contributed by atoms with Gasteiger partial charge in [-0.15, -0.1) is 0 Å². The maximum atomic E-state index is 12.8. The van der Waals surface area contributed by atoms with Gasteiger partial charge in [0, 0.05) is 6.07 Å². The monoisotopic (exact) mass is 255 g/mol. The van der Waals surface area contributed by atoms with Gasteiger partial charge in [0.25, 0.3) is 0 Å². The predicted molar refractivity (Wildman–Crippen MR) is 50.2 cm³/mol. The summed E-state index contributed by atoms with van der Waals surface area (Å²) in [6, 6.07) is 1.53. The summed E-state index contributed by atoms with van der Waals surface area (Å²) in [5.41, 5.74) is 5.48. The van der Waals surface area contributed by atoms with E-state index in [2.05, 4.69) is 4.74 Å². The Morgan fingerprint density at radius 2 is 1.65 bits per heavy atom. The molecule has 0 heterocycles. The van der Waals surface area contributed by atoms with Crippen LogP contribution in [0.4, 0.5) is 22.0 Å². The van der Waals surface area contributed by atoms with Crippen molar-refractivity contribution in [3.05, 3.63) is 35.4 Å². The zero-order chi connectivity index (χ0) is 13.1. The Kier molecular flexibility index (Phi) is 4.41. The molecule has 0 aromatic heterocycles. The average molecular weight is 255 g/mol. The highest BCUT2D eigenvalue weighted by Crippen LogP contribution is 2.18. The molecule has 1 rings (SSSR count). The maximum absolute atomic E-state index is 12.8. The van der Waals surface area contributed by atoms with Crippen LogP contribution in [0.3, 0.4) is 0 Å². The molecule has 0 aliphatic heterocycles. The highest BCUT2D eigenvalue weighted by Gasteiger charge is 2.27. The van der Waals surface area contributed by atoms with Crippen molar-refractivity contribution in [3.8, 4) is 0 Å². The summed E-state index contributed by atoms with van der Waals surface area (Å²) in [6.07, 6.45) is -4.45. The number of rotatable bonds is 4. The van der Waals surface area contributed by atoms with Gasteiger partial charge in [0.2, 0.25) is 0 Å². The number of ether oxygens (including phenoxy) is 1. The summed E-state index contributed by atoms with van der Waals surface area (Å²) < 4.78 is 65.1. The van der Waals surface area contributed by atoms with Crippen LogP contribution in [0.1, 0.15) is 11.6 Å². The second kappa shape index (κ2) is 5.42. The largest absolute Gasteiger partial charge is 0.411 e. The van der Waals surface area contributed by atoms with Gasteiger partial charge in [0.05, 0.1) is 12.6 Å². The molecule has 0 spiro atoms. The SMILES string of the molecule is NC(COCC(F)(F)F)c1cc(F)cc(F)c1. The molecule has 96 valence electrons. The van der Waals surface area contributed by atoms with E-state index in [1.807, 2.05) is 0 Å². The maximum Gasteiger partial charge on any atom is 0.411 e. The zero-order valence-corrected chi connectivity index (χ0v) is 8.60. The van der Waals surface area contributed by atoms with E-state index in [1.165, 1.54) is 0 Å². The van der Waals surface area contributed by atoms with Gasteiger partial charge in [0.15, 0.2) is 0 Å². The molecule has 1 aromatic rings. The van der Waals surface area contributed by atoms with E-state index in [-0.39, 0.29) is 5.56 Å². The number of halogens is 5. The van der Waals surface area contributed by atoms with Crippen molar-refractivity contribution in [1.29, 1.82) is 0 Å². The van der Waals surface area contributed by atoms with E-state index in [1.54, 1.807) is 0 Å². The molecular weight excluding hydrogens is 245 g/mol. The third kappa shape index (κ3) is 5.10. The molecule has 1 unspecified atom stereocenters. The Balaban J connectivity index is 2.55. The van der Waals surface area contributed by atoms with Gasteiger partial charge < -0.3 is 10.5 Å². The van der Waals surface area contributed by atoms with Crippen LogP contribution in [0.25, 0.3) is 0 Å². The smallest absolute Gasteiger partial charge is 0.370 e. The number of hydrogen-bond donors (Lipinski definition) is 1. The van der Waals surface area contributed by atoms with Crippen molar-refractivity contribution in [2.75, 3.05) is 13.2 Å². The lowest BCUT2D eigenvalue weighted by atomic mass is 10.1. The molecule has 1 atom stereocenters. The molecule has 0 radical (unpaired) electrons. The molecule has 0 aliphatic rings. The summed E-state index contributed by atoms with van der Waals surface area (Å²) in [4.78, 5) is 0. The molecule has 0 aliphatic carbocycles. The van der Waals surface area contributed by atoms with Crippen LogP contribution in [0.5, 0.6) is 0 Å². The van der Waals surface area contributed by atoms with E-state index < -0.39 is 37.1 Å². The van der Waals surface area contributed by atoms with Crippen LogP contribution in [0, 0.1) is 11.6 Å². The quantitative estimate of drug-likeness (QED) is 0.839. The van der Waals surface area contributed by atoms with Crippen molar-refractivity contribution in [1.82, 2.24) is 0 Å². The van der Waals surface area contributed by atoms with Crippen LogP contribution in [-0.4, -0.2) is 19.4 Å². The zero-order valence-electron chi connectivity index (χ0n) is 8.60. The van der Waals surface area contributed by atoms with Gasteiger partial charge >= 0.3 is 6.18 Å². The Morgan fingerprint density at radius 3 is 2.12 bits per heavy atom. The van der Waals surface area contributed by atoms with Crippen molar-refractivity contribution < 1.29 is 26.7 Å². The molecule has 7 heteroatoms. The first-order valence-electron chi connectivity index (χ1n) is 4.64. The lowest BCUT2D eigenvalue weighted by molar-refractivity contribution is -0.174. The van der Waals surface area contributed by atoms with Gasteiger partial charge in [-0.25, -0.2) is 8.78 Å². The Morgan fingerprint density at radius 1 is 1.12 bits per heavy atom. The van der Waals surface area contributed by atoms with E-state index >= 15 is 0 Å². The molecule has 17 heavy (non-hydrogen) atoms. The van der Waals surface area contributed by atoms with E-state index in [9.17, 15) is 22.0 Å². The molecule has 2 nitrogen and oxygen atoms in total. The molecule has 0 amide bonds. The lowest BCUT2D eigenvalue weighted by Gasteiger charge is -2.14. The molecule has 1 aromatic carbocycles. The average Bonchev–Trinajstić information content (AvgIpc) is 2.13. The highest BCUT2D eigenvalue weighted by atomic mass is 19.4. The third-order valence-electron chi connectivity index (χ3n) is 1.88. The Bertz CT molecular complexity index is 359. The Labute approximate surface area is 94.2 Å². The fourth-order valence-electron chi connectivity index (χ4n) is 1.19. The first-order chi connectivity index (χ1) is 7.78. The van der Waals surface area contributed by atoms with E-state index in [4.69, 9.17) is 5.73 Å². The predicted octanol–water partition coefficient (Wildman–Crippen LogP) is 2.54. The van der Waals surface area contributed by atoms with E-state index in [0.29, 0.717) is 6.07 Å². The van der Waals surface area contributed by atoms with Gasteiger partial charge in [-0.05, 0) is 17.7 Å². The minimum Gasteiger partial charge on any atom is -0.370 e. The normalized spacial score (nSPS) is 13.8. The fraction of sp³-hybridized carbons (Fsp3) is 0.400. The second-order valence-electron chi connectivity index (χ2n) is 3.44. The first-order valence-corrected chi connectivity index (χ1v) is 4.64. The molecular formula is C10H10F5NO. The van der Waals surface area contributed by atoms with Crippen LogP contribution < -0.4 is 5.73 Å². The van der Waals surface area contributed by atoms with Crippen LogP contribution in [0.2, 0.25) is 0 Å². The Hall–Kier alpha value is -1.21. The summed E-state index contributed by atoms with van der Waals surface area (Å²) >= 11 is 0. The molecule has 0 fully saturated rings. The molecule has 0 saturated heterocycles. The molecule has 2 N–H and O–H groups in total. The van der Waals surface area contributed by atoms with Crippen LogP contribution >= 0.6 is 0 Å². The summed E-state index contributed by atoms with van der Waals surface area (Å²) in [5, 5.41) is 0. The first kappa shape index (κ1) is 13.9. The number of benzene rings is 1. The van der Waals surface area contributed by atoms with Gasteiger partial charge in [0.1, 0.15) is 18.2 Å². The van der Waals surface area contributed by atoms with Crippen molar-refractivity contribution in [3.63, 3.8) is 0 Å². The van der Waals surface area contributed by atoms with Gasteiger partial charge in [-0.1, -0.05) is 0 Å². The summed E-state index contributed by atoms with van der Waals surface area (Å²) in [7, 11) is 0. The summed E-state index contributed by atoms with van der Waals surface area (Å²) in [6.45, 7) is -1.92. The van der Waals surface area contributed by atoms with Crippen LogP contribution in [0.15, 0.2) is 18.2 Å². The van der Waals surface area contributed by atoms with E-state index in [0.717, 1.165) is 12.1 Å². The minimum atomic E-state index is -4.45. The van der Waals surface area contributed by atoms with Gasteiger partial charge in [-0.2, -0.15) is 13.2 Å². The molecule has 0 saturated carbocycles. The minimum absolute atomic E-state index is 0.0460. The second-order valence-corrected chi connectivity index (χ2v) is 3.44. The molecule has 0 bridgehead atoms.